The third-order valence-electron chi connectivity index (χ3n) is 4.41. The largest absolute Gasteiger partial charge is 0.337 e. The fourth-order valence-corrected chi connectivity index (χ4v) is 4.70. The van der Waals surface area contributed by atoms with Crippen LogP contribution >= 0.6 is 11.3 Å². The molecule has 0 atom stereocenters. The number of nitrogens with one attached hydrogen (secondary N) is 1. The van der Waals surface area contributed by atoms with Gasteiger partial charge in [-0.2, -0.15) is 0 Å². The fraction of sp³-hybridized carbons (Fsp3) is 0.190. The number of hydrogen-bond donors (Lipinski definition) is 1. The normalized spacial score (nSPS) is 11.2. The highest BCUT2D eigenvalue weighted by Crippen LogP contribution is 2.20. The second kappa shape index (κ2) is 8.16. The van der Waals surface area contributed by atoms with Crippen LogP contribution in [0.25, 0.3) is 0 Å². The lowest BCUT2D eigenvalue weighted by Crippen LogP contribution is -2.26. The molecule has 0 aliphatic rings. The molecule has 0 unspecified atom stereocenters. The van der Waals surface area contributed by atoms with Crippen LogP contribution in [-0.2, 0) is 16.6 Å². The molecule has 3 aromatic rings. The highest BCUT2D eigenvalue weighted by Gasteiger charge is 2.17. The summed E-state index contributed by atoms with van der Waals surface area (Å²) in [5.41, 5.74) is 3.16. The van der Waals surface area contributed by atoms with Gasteiger partial charge in [-0.1, -0.05) is 17.7 Å². The summed E-state index contributed by atoms with van der Waals surface area (Å²) in [6, 6.07) is 15.1. The van der Waals surface area contributed by atoms with Gasteiger partial charge in [0.25, 0.3) is 15.9 Å². The van der Waals surface area contributed by atoms with Gasteiger partial charge in [0.15, 0.2) is 0 Å². The Morgan fingerprint density at radius 1 is 1.00 bits per heavy atom. The molecule has 1 amide bonds. The molecule has 0 radical (unpaired) electrons. The molecule has 28 heavy (non-hydrogen) atoms. The molecule has 0 saturated carbocycles. The molecule has 0 aliphatic carbocycles. The number of carbonyl (C=O) groups excluding carboxylic acids is 1. The second-order valence-electron chi connectivity index (χ2n) is 6.68. The van der Waals surface area contributed by atoms with Crippen molar-refractivity contribution in [1.82, 2.24) is 4.90 Å². The number of anilines is 1. The van der Waals surface area contributed by atoms with Gasteiger partial charge in [-0.05, 0) is 67.3 Å². The van der Waals surface area contributed by atoms with Gasteiger partial charge in [0.2, 0.25) is 0 Å². The molecule has 1 heterocycles. The maximum Gasteiger partial charge on any atom is 0.261 e. The van der Waals surface area contributed by atoms with Gasteiger partial charge in [0.05, 0.1) is 11.4 Å². The Balaban J connectivity index is 1.72. The van der Waals surface area contributed by atoms with Crippen LogP contribution < -0.4 is 4.72 Å². The summed E-state index contributed by atoms with van der Waals surface area (Å²) in [4.78, 5) is 15.5. The lowest BCUT2D eigenvalue weighted by Gasteiger charge is -2.17. The van der Waals surface area contributed by atoms with Crippen molar-refractivity contribution in [3.8, 4) is 0 Å². The van der Waals surface area contributed by atoms with E-state index >= 15 is 0 Å². The van der Waals surface area contributed by atoms with Crippen LogP contribution in [0.5, 0.6) is 0 Å². The SMILES string of the molecule is Cc1ccc(NS(=O)(=O)c2ccc(C(=O)N(C)Cc3sccc3C)cc2)cc1. The summed E-state index contributed by atoms with van der Waals surface area (Å²) >= 11 is 1.62. The van der Waals surface area contributed by atoms with Crippen molar-refractivity contribution < 1.29 is 13.2 Å². The van der Waals surface area contributed by atoms with Gasteiger partial charge >= 0.3 is 0 Å². The molecule has 7 heteroatoms. The molecule has 1 N–H and O–H groups in total. The van der Waals surface area contributed by atoms with Crippen LogP contribution in [-0.4, -0.2) is 26.3 Å². The minimum absolute atomic E-state index is 0.112. The third kappa shape index (κ3) is 4.61. The smallest absolute Gasteiger partial charge is 0.261 e. The number of thiophene rings is 1. The number of hydrogen-bond acceptors (Lipinski definition) is 4. The summed E-state index contributed by atoms with van der Waals surface area (Å²) in [5.74, 6) is -0.150. The third-order valence-corrected chi connectivity index (χ3v) is 6.82. The van der Waals surface area contributed by atoms with Crippen molar-refractivity contribution >= 4 is 33.0 Å². The van der Waals surface area contributed by atoms with Gasteiger partial charge in [-0.3, -0.25) is 9.52 Å². The minimum atomic E-state index is -3.71. The monoisotopic (exact) mass is 414 g/mol. The van der Waals surface area contributed by atoms with Crippen LogP contribution in [0.2, 0.25) is 0 Å². The molecule has 0 aliphatic heterocycles. The number of amides is 1. The van der Waals surface area contributed by atoms with Crippen LogP contribution in [0.4, 0.5) is 5.69 Å². The van der Waals surface area contributed by atoms with E-state index in [1.807, 2.05) is 37.4 Å². The Bertz CT molecular complexity index is 1070. The van der Waals surface area contributed by atoms with Gasteiger partial charge in [0.1, 0.15) is 0 Å². The molecule has 0 spiro atoms. The quantitative estimate of drug-likeness (QED) is 0.648. The van der Waals surface area contributed by atoms with E-state index < -0.39 is 10.0 Å². The summed E-state index contributed by atoms with van der Waals surface area (Å²) in [6.45, 7) is 4.48. The van der Waals surface area contributed by atoms with Crippen LogP contribution in [0, 0.1) is 13.8 Å². The fourth-order valence-electron chi connectivity index (χ4n) is 2.69. The number of rotatable bonds is 6. The van der Waals surface area contributed by atoms with Crippen LogP contribution in [0.1, 0.15) is 26.4 Å². The molecule has 146 valence electrons. The first-order chi connectivity index (χ1) is 13.3. The van der Waals surface area contributed by atoms with Gasteiger partial charge in [0, 0.05) is 23.2 Å². The van der Waals surface area contributed by atoms with E-state index in [9.17, 15) is 13.2 Å². The first kappa shape index (κ1) is 20.1. The zero-order valence-electron chi connectivity index (χ0n) is 16.0. The average Bonchev–Trinajstić information content (AvgIpc) is 3.07. The van der Waals surface area contributed by atoms with E-state index in [2.05, 4.69) is 4.72 Å². The van der Waals surface area contributed by atoms with Crippen molar-refractivity contribution in [1.29, 1.82) is 0 Å². The predicted molar refractivity (Wildman–Crippen MR) is 113 cm³/mol. The Hall–Kier alpha value is -2.64. The maximum absolute atomic E-state index is 12.6. The first-order valence-corrected chi connectivity index (χ1v) is 11.1. The summed E-state index contributed by atoms with van der Waals surface area (Å²) in [5, 5.41) is 2.00. The van der Waals surface area contributed by atoms with E-state index in [1.165, 1.54) is 12.1 Å². The average molecular weight is 415 g/mol. The molecule has 5 nitrogen and oxygen atoms in total. The Morgan fingerprint density at radius 2 is 1.64 bits per heavy atom. The minimum Gasteiger partial charge on any atom is -0.337 e. The first-order valence-electron chi connectivity index (χ1n) is 8.74. The van der Waals surface area contributed by atoms with E-state index in [0.29, 0.717) is 17.8 Å². The molecule has 0 bridgehead atoms. The van der Waals surface area contributed by atoms with E-state index in [-0.39, 0.29) is 10.8 Å². The molecule has 0 saturated heterocycles. The van der Waals surface area contributed by atoms with Gasteiger partial charge in [-0.15, -0.1) is 11.3 Å². The lowest BCUT2D eigenvalue weighted by molar-refractivity contribution is 0.0786. The van der Waals surface area contributed by atoms with Crippen molar-refractivity contribution in [2.24, 2.45) is 0 Å². The van der Waals surface area contributed by atoms with Crippen LogP contribution in [0.3, 0.4) is 0 Å². The number of aryl methyl sites for hydroxylation is 2. The zero-order chi connectivity index (χ0) is 20.3. The number of nitrogens with zero attached hydrogens (tertiary/aromatic N) is 1. The number of benzene rings is 2. The van der Waals surface area contributed by atoms with Gasteiger partial charge in [-0.25, -0.2) is 8.42 Å². The Labute approximate surface area is 169 Å². The van der Waals surface area contributed by atoms with Crippen molar-refractivity contribution in [2.75, 3.05) is 11.8 Å². The number of sulfonamides is 1. The summed E-state index contributed by atoms with van der Waals surface area (Å²) in [6.07, 6.45) is 0. The van der Waals surface area contributed by atoms with E-state index in [1.54, 1.807) is 47.5 Å². The summed E-state index contributed by atoms with van der Waals surface area (Å²) in [7, 11) is -1.97. The van der Waals surface area contributed by atoms with Crippen molar-refractivity contribution in [3.05, 3.63) is 81.5 Å². The second-order valence-corrected chi connectivity index (χ2v) is 9.37. The Morgan fingerprint density at radius 3 is 2.21 bits per heavy atom. The molecule has 2 aromatic carbocycles. The van der Waals surface area contributed by atoms with Crippen molar-refractivity contribution in [2.45, 2.75) is 25.3 Å². The van der Waals surface area contributed by atoms with E-state index in [0.717, 1.165) is 16.0 Å². The molecule has 0 fully saturated rings. The standard InChI is InChI=1S/C21H22N2O3S2/c1-15-4-8-18(9-5-15)22-28(25,26)19-10-6-17(7-11-19)21(24)23(3)14-20-16(2)12-13-27-20/h4-13,22H,14H2,1-3H3. The topological polar surface area (TPSA) is 66.5 Å². The molecule has 3 rings (SSSR count). The maximum atomic E-state index is 12.6. The lowest BCUT2D eigenvalue weighted by atomic mass is 10.2. The van der Waals surface area contributed by atoms with Gasteiger partial charge < -0.3 is 4.90 Å². The predicted octanol–water partition coefficient (Wildman–Crippen LogP) is 4.44. The highest BCUT2D eigenvalue weighted by atomic mass is 32.2. The zero-order valence-corrected chi connectivity index (χ0v) is 17.6. The van der Waals surface area contributed by atoms with Crippen LogP contribution in [0.15, 0.2) is 64.9 Å². The number of carbonyl (C=O) groups is 1. The highest BCUT2D eigenvalue weighted by molar-refractivity contribution is 7.92. The van der Waals surface area contributed by atoms with E-state index in [4.69, 9.17) is 0 Å². The molecular weight excluding hydrogens is 392 g/mol. The van der Waals surface area contributed by atoms with Crippen molar-refractivity contribution in [3.63, 3.8) is 0 Å². The molecular formula is C21H22N2O3S2. The molecule has 1 aromatic heterocycles. The summed E-state index contributed by atoms with van der Waals surface area (Å²) < 4.78 is 27.6. The Kier molecular flexibility index (Phi) is 5.86.